The van der Waals surface area contributed by atoms with Gasteiger partial charge >= 0.3 is 5.97 Å². The summed E-state index contributed by atoms with van der Waals surface area (Å²) in [6, 6.07) is 0. The summed E-state index contributed by atoms with van der Waals surface area (Å²) >= 11 is 0. The van der Waals surface area contributed by atoms with Crippen LogP contribution in [-0.4, -0.2) is 27.0 Å². The zero-order valence-electron chi connectivity index (χ0n) is 18.9. The summed E-state index contributed by atoms with van der Waals surface area (Å²) in [5.74, 6) is 1.46. The highest BCUT2D eigenvalue weighted by Gasteiger charge is 2.54. The molecule has 27 heavy (non-hydrogen) atoms. The van der Waals surface area contributed by atoms with Gasteiger partial charge in [-0.1, -0.05) is 47.1 Å². The molecule has 2 aliphatic rings. The normalized spacial score (nSPS) is 33.1. The molecule has 0 unspecified atom stereocenters. The van der Waals surface area contributed by atoms with E-state index in [2.05, 4.69) is 53.8 Å². The summed E-state index contributed by atoms with van der Waals surface area (Å²) in [4.78, 5) is 11.7. The van der Waals surface area contributed by atoms with Crippen molar-refractivity contribution in [3.8, 4) is 0 Å². The average Bonchev–Trinajstić information content (AvgIpc) is 2.90. The van der Waals surface area contributed by atoms with Gasteiger partial charge in [-0.25, -0.2) is 4.79 Å². The molecule has 0 bridgehead atoms. The van der Waals surface area contributed by atoms with E-state index in [1.165, 1.54) is 32.1 Å². The molecule has 5 atom stereocenters. The highest BCUT2D eigenvalue weighted by atomic mass is 28.4. The first-order valence-electron chi connectivity index (χ1n) is 10.9. The van der Waals surface area contributed by atoms with Crippen molar-refractivity contribution in [2.24, 2.45) is 23.2 Å². The van der Waals surface area contributed by atoms with Gasteiger partial charge in [-0.2, -0.15) is 0 Å². The van der Waals surface area contributed by atoms with E-state index in [4.69, 9.17) is 9.16 Å². The summed E-state index contributed by atoms with van der Waals surface area (Å²) in [6.07, 6.45) is 10.4. The van der Waals surface area contributed by atoms with Crippen molar-refractivity contribution in [1.29, 1.82) is 0 Å². The maximum Gasteiger partial charge on any atom is 0.330 e. The molecule has 0 saturated heterocycles. The van der Waals surface area contributed by atoms with Crippen molar-refractivity contribution in [3.63, 3.8) is 0 Å². The fraction of sp³-hybridized carbons (Fsp3) is 0.870. The fourth-order valence-corrected chi connectivity index (χ4v) is 6.67. The second-order valence-corrected chi connectivity index (χ2v) is 15.3. The Bertz CT molecular complexity index is 548. The first-order valence-corrected chi connectivity index (χ1v) is 13.9. The molecule has 0 radical (unpaired) electrons. The van der Waals surface area contributed by atoms with Gasteiger partial charge in [0.1, 0.15) is 0 Å². The number of rotatable bonds is 6. The summed E-state index contributed by atoms with van der Waals surface area (Å²) in [6.45, 7) is 18.8. The van der Waals surface area contributed by atoms with E-state index in [1.54, 1.807) is 6.08 Å². The van der Waals surface area contributed by atoms with Crippen LogP contribution >= 0.6 is 0 Å². The van der Waals surface area contributed by atoms with Crippen LogP contribution in [0.5, 0.6) is 0 Å². The zero-order valence-corrected chi connectivity index (χ0v) is 19.9. The van der Waals surface area contributed by atoms with Crippen molar-refractivity contribution in [3.05, 3.63) is 12.2 Å². The van der Waals surface area contributed by atoms with Crippen LogP contribution < -0.4 is 0 Å². The molecule has 0 aromatic heterocycles. The number of carbonyl (C=O) groups excluding carboxylic acids is 1. The summed E-state index contributed by atoms with van der Waals surface area (Å²) < 4.78 is 12.0. The topological polar surface area (TPSA) is 35.5 Å². The van der Waals surface area contributed by atoms with Gasteiger partial charge < -0.3 is 9.16 Å². The van der Waals surface area contributed by atoms with Crippen LogP contribution in [0.4, 0.5) is 0 Å². The Balaban J connectivity index is 2.12. The van der Waals surface area contributed by atoms with E-state index in [9.17, 15) is 4.79 Å². The third-order valence-electron chi connectivity index (χ3n) is 7.84. The van der Waals surface area contributed by atoms with E-state index in [-0.39, 0.29) is 11.0 Å². The maximum absolute atomic E-state index is 11.7. The van der Waals surface area contributed by atoms with E-state index >= 15 is 0 Å². The molecule has 0 aromatic carbocycles. The third-order valence-corrected chi connectivity index (χ3v) is 12.3. The Labute approximate surface area is 168 Å². The van der Waals surface area contributed by atoms with E-state index in [0.717, 1.165) is 0 Å². The molecular weight excluding hydrogens is 352 g/mol. The molecule has 156 valence electrons. The number of carbonyl (C=O) groups is 1. The first kappa shape index (κ1) is 22.7. The first-order chi connectivity index (χ1) is 12.4. The second-order valence-electron chi connectivity index (χ2n) is 10.6. The number of fused-ring (bicyclic) bond motifs is 1. The van der Waals surface area contributed by atoms with E-state index in [1.807, 2.05) is 6.92 Å². The average molecular weight is 395 g/mol. The highest BCUT2D eigenvalue weighted by Crippen LogP contribution is 2.59. The van der Waals surface area contributed by atoms with Crippen molar-refractivity contribution >= 4 is 14.3 Å². The lowest BCUT2D eigenvalue weighted by atomic mass is 9.62. The molecule has 0 amide bonds. The molecule has 2 saturated carbocycles. The maximum atomic E-state index is 11.7. The minimum absolute atomic E-state index is 0.216. The van der Waals surface area contributed by atoms with Crippen LogP contribution in [0.2, 0.25) is 18.1 Å². The molecule has 0 aliphatic heterocycles. The van der Waals surface area contributed by atoms with Crippen molar-refractivity contribution in [2.45, 2.75) is 97.9 Å². The Morgan fingerprint density at radius 2 is 1.93 bits per heavy atom. The Morgan fingerprint density at radius 3 is 2.52 bits per heavy atom. The standard InChI is InChI=1S/C23H42O3Si/c1-9-25-21(24)15-12-17(2)18-13-14-19-20(11-10-16-23(18,19)6)26-27(7,8)22(3,4)5/h12,15,17-20H,9-11,13-14,16H2,1-8H3/t17-,18-,19+,20+,23-/m1/s1. The van der Waals surface area contributed by atoms with Gasteiger partial charge in [0.15, 0.2) is 8.32 Å². The van der Waals surface area contributed by atoms with Crippen LogP contribution in [0.25, 0.3) is 0 Å². The quantitative estimate of drug-likeness (QED) is 0.299. The fourth-order valence-electron chi connectivity index (χ4n) is 5.27. The number of hydrogen-bond acceptors (Lipinski definition) is 3. The second kappa shape index (κ2) is 8.40. The predicted octanol–water partition coefficient (Wildman–Crippen LogP) is 6.35. The SMILES string of the molecule is CCOC(=O)C=C[C@@H](C)[C@H]1CC[C@H]2[C@@H](O[Si](C)(C)C(C)(C)C)CCC[C@]12C. The number of ether oxygens (including phenoxy) is 1. The number of allylic oxidation sites excluding steroid dienone is 1. The lowest BCUT2D eigenvalue weighted by molar-refractivity contribution is -0.137. The molecule has 2 rings (SSSR count). The molecule has 2 aliphatic carbocycles. The van der Waals surface area contributed by atoms with E-state index in [0.29, 0.717) is 35.9 Å². The lowest BCUT2D eigenvalue weighted by Crippen LogP contribution is -2.50. The predicted molar refractivity (Wildman–Crippen MR) is 115 cm³/mol. The van der Waals surface area contributed by atoms with E-state index < -0.39 is 8.32 Å². The summed E-state index contributed by atoms with van der Waals surface area (Å²) in [7, 11) is -1.75. The Hall–Kier alpha value is -0.613. The molecule has 0 heterocycles. The summed E-state index contributed by atoms with van der Waals surface area (Å²) in [5.41, 5.74) is 0.323. The van der Waals surface area contributed by atoms with Crippen LogP contribution in [0, 0.1) is 23.2 Å². The molecule has 0 aromatic rings. The molecule has 0 N–H and O–H groups in total. The van der Waals surface area contributed by atoms with Crippen molar-refractivity contribution in [2.75, 3.05) is 6.61 Å². The van der Waals surface area contributed by atoms with Gasteiger partial charge in [-0.15, -0.1) is 0 Å². The smallest absolute Gasteiger partial charge is 0.330 e. The molecule has 4 heteroatoms. The largest absolute Gasteiger partial charge is 0.463 e. The monoisotopic (exact) mass is 394 g/mol. The minimum atomic E-state index is -1.75. The van der Waals surface area contributed by atoms with Gasteiger partial charge in [0.05, 0.1) is 6.61 Å². The van der Waals surface area contributed by atoms with Crippen LogP contribution in [0.1, 0.15) is 73.6 Å². The van der Waals surface area contributed by atoms with Crippen LogP contribution in [-0.2, 0) is 14.0 Å². The van der Waals surface area contributed by atoms with Crippen molar-refractivity contribution < 1.29 is 14.0 Å². The van der Waals surface area contributed by atoms with Gasteiger partial charge in [0, 0.05) is 12.2 Å². The number of hydrogen-bond donors (Lipinski definition) is 0. The van der Waals surface area contributed by atoms with Gasteiger partial charge in [-0.3, -0.25) is 0 Å². The van der Waals surface area contributed by atoms with Crippen molar-refractivity contribution in [1.82, 2.24) is 0 Å². The minimum Gasteiger partial charge on any atom is -0.463 e. The third kappa shape index (κ3) is 4.87. The molecule has 3 nitrogen and oxygen atoms in total. The molecular formula is C23H42O3Si. The van der Waals surface area contributed by atoms with Crippen LogP contribution in [0.3, 0.4) is 0 Å². The Kier molecular flexibility index (Phi) is 7.06. The van der Waals surface area contributed by atoms with Crippen LogP contribution in [0.15, 0.2) is 12.2 Å². The van der Waals surface area contributed by atoms with Gasteiger partial charge in [-0.05, 0) is 73.9 Å². The zero-order chi connectivity index (χ0) is 20.5. The van der Waals surface area contributed by atoms with Gasteiger partial charge in [0.25, 0.3) is 0 Å². The lowest BCUT2D eigenvalue weighted by Gasteiger charge is -2.49. The molecule has 2 fully saturated rings. The summed E-state index contributed by atoms with van der Waals surface area (Å²) in [5, 5.41) is 0.258. The molecule has 0 spiro atoms. The highest BCUT2D eigenvalue weighted by molar-refractivity contribution is 6.74. The Morgan fingerprint density at radius 1 is 1.26 bits per heavy atom. The number of esters is 1. The van der Waals surface area contributed by atoms with Gasteiger partial charge in [0.2, 0.25) is 0 Å².